The average molecular weight is 437 g/mol. The fraction of sp³-hybridized carbons (Fsp3) is 0.308. The molecule has 0 atom stereocenters. The molecule has 0 saturated heterocycles. The van der Waals surface area contributed by atoms with E-state index in [0.717, 1.165) is 43.5 Å². The van der Waals surface area contributed by atoms with Crippen LogP contribution in [0.5, 0.6) is 0 Å². The Morgan fingerprint density at radius 2 is 1.71 bits per heavy atom. The summed E-state index contributed by atoms with van der Waals surface area (Å²) in [6.45, 7) is 6.72. The average Bonchev–Trinajstić information content (AvgIpc) is 2.74. The summed E-state index contributed by atoms with van der Waals surface area (Å²) < 4.78 is 2.06. The van der Waals surface area contributed by atoms with E-state index in [-0.39, 0.29) is 11.0 Å². The van der Waals surface area contributed by atoms with Crippen molar-refractivity contribution in [1.82, 2.24) is 4.57 Å². The molecule has 1 aromatic heterocycles. The molecule has 0 radical (unpaired) electrons. The highest BCUT2D eigenvalue weighted by atomic mass is 35.5. The molecule has 1 heterocycles. The first-order chi connectivity index (χ1) is 14.9. The number of halogens is 1. The maximum atomic E-state index is 13.4. The molecule has 31 heavy (non-hydrogen) atoms. The summed E-state index contributed by atoms with van der Waals surface area (Å²) in [5.41, 5.74) is 3.53. The number of amides is 1. The Morgan fingerprint density at radius 3 is 2.42 bits per heavy atom. The quantitative estimate of drug-likeness (QED) is 0.403. The molecule has 1 N–H and O–H groups in total. The second kappa shape index (κ2) is 10.5. The van der Waals surface area contributed by atoms with Crippen LogP contribution in [0, 0.1) is 13.8 Å². The number of aryl methyl sites for hydroxylation is 2. The van der Waals surface area contributed by atoms with Gasteiger partial charge in [-0.25, -0.2) is 0 Å². The number of benzene rings is 2. The fourth-order valence-corrected chi connectivity index (χ4v) is 4.03. The van der Waals surface area contributed by atoms with E-state index in [9.17, 15) is 9.59 Å². The van der Waals surface area contributed by atoms with Crippen molar-refractivity contribution in [1.29, 1.82) is 0 Å². The van der Waals surface area contributed by atoms with Crippen molar-refractivity contribution < 1.29 is 4.79 Å². The van der Waals surface area contributed by atoms with Gasteiger partial charge in [-0.1, -0.05) is 74.2 Å². The molecule has 162 valence electrons. The lowest BCUT2D eigenvalue weighted by Gasteiger charge is -2.21. The minimum atomic E-state index is -0.420. The Bertz CT molecular complexity index is 1130. The van der Waals surface area contributed by atoms with Gasteiger partial charge in [-0.2, -0.15) is 0 Å². The molecule has 0 saturated carbocycles. The molecule has 3 aromatic rings. The van der Waals surface area contributed by atoms with Gasteiger partial charge in [0.1, 0.15) is 5.56 Å². The molecular formula is C26H29ClN2O2. The topological polar surface area (TPSA) is 51.1 Å². The van der Waals surface area contributed by atoms with E-state index >= 15 is 0 Å². The minimum Gasteiger partial charge on any atom is -0.344 e. The molecule has 0 bridgehead atoms. The van der Waals surface area contributed by atoms with Crippen LogP contribution in [0.1, 0.15) is 54.2 Å². The zero-order chi connectivity index (χ0) is 22.4. The van der Waals surface area contributed by atoms with Crippen LogP contribution in [-0.2, 0) is 6.54 Å². The summed E-state index contributed by atoms with van der Waals surface area (Å²) in [6.07, 6.45) is 4.36. The summed E-state index contributed by atoms with van der Waals surface area (Å²) in [4.78, 5) is 26.4. The maximum Gasteiger partial charge on any atom is 0.261 e. The van der Waals surface area contributed by atoms with Crippen molar-refractivity contribution in [3.05, 3.63) is 86.7 Å². The van der Waals surface area contributed by atoms with Gasteiger partial charge in [0.2, 0.25) is 0 Å². The zero-order valence-corrected chi connectivity index (χ0v) is 19.1. The summed E-state index contributed by atoms with van der Waals surface area (Å²) in [5, 5.41) is 3.44. The van der Waals surface area contributed by atoms with E-state index in [2.05, 4.69) is 16.8 Å². The second-order valence-corrected chi connectivity index (χ2v) is 8.24. The number of unbranched alkanes of at least 4 members (excludes halogenated alkanes) is 3. The van der Waals surface area contributed by atoms with E-state index in [4.69, 9.17) is 11.6 Å². The molecule has 4 nitrogen and oxygen atoms in total. The van der Waals surface area contributed by atoms with Gasteiger partial charge in [0, 0.05) is 34.6 Å². The predicted molar refractivity (Wildman–Crippen MR) is 129 cm³/mol. The van der Waals surface area contributed by atoms with Crippen LogP contribution in [-0.4, -0.2) is 10.5 Å². The SMILES string of the molecule is CCCCCCn1c(C)cc(=O)c(C(=O)Nc2ccccc2C)c1-c1ccccc1Cl. The molecular weight excluding hydrogens is 408 g/mol. The lowest BCUT2D eigenvalue weighted by atomic mass is 10.0. The Labute approximate surface area is 188 Å². The predicted octanol–water partition coefficient (Wildman–Crippen LogP) is 6.62. The lowest BCUT2D eigenvalue weighted by Crippen LogP contribution is -2.27. The summed E-state index contributed by atoms with van der Waals surface area (Å²) in [5.74, 6) is -0.420. The normalized spacial score (nSPS) is 10.8. The van der Waals surface area contributed by atoms with Gasteiger partial charge >= 0.3 is 0 Å². The fourth-order valence-electron chi connectivity index (χ4n) is 3.80. The van der Waals surface area contributed by atoms with Gasteiger partial charge in [-0.05, 0) is 38.0 Å². The first-order valence-electron chi connectivity index (χ1n) is 10.8. The number of pyridine rings is 1. The molecule has 3 rings (SSSR count). The van der Waals surface area contributed by atoms with Crippen molar-refractivity contribution in [3.63, 3.8) is 0 Å². The first-order valence-corrected chi connectivity index (χ1v) is 11.2. The summed E-state index contributed by atoms with van der Waals surface area (Å²) >= 11 is 6.53. The van der Waals surface area contributed by atoms with Crippen LogP contribution in [0.15, 0.2) is 59.4 Å². The molecule has 0 unspecified atom stereocenters. The van der Waals surface area contributed by atoms with Crippen LogP contribution >= 0.6 is 11.6 Å². The lowest BCUT2D eigenvalue weighted by molar-refractivity contribution is 0.102. The van der Waals surface area contributed by atoms with Crippen LogP contribution in [0.25, 0.3) is 11.3 Å². The second-order valence-electron chi connectivity index (χ2n) is 7.83. The maximum absolute atomic E-state index is 13.4. The molecule has 0 fully saturated rings. The number of hydrogen-bond acceptors (Lipinski definition) is 2. The highest BCUT2D eigenvalue weighted by Crippen LogP contribution is 2.31. The molecule has 0 aliphatic heterocycles. The highest BCUT2D eigenvalue weighted by molar-refractivity contribution is 6.33. The van der Waals surface area contributed by atoms with Crippen molar-refractivity contribution in [2.24, 2.45) is 0 Å². The van der Waals surface area contributed by atoms with Gasteiger partial charge in [0.25, 0.3) is 5.91 Å². The number of rotatable bonds is 8. The number of para-hydroxylation sites is 1. The van der Waals surface area contributed by atoms with Crippen molar-refractivity contribution in [3.8, 4) is 11.3 Å². The van der Waals surface area contributed by atoms with E-state index in [1.54, 1.807) is 12.1 Å². The Kier molecular flexibility index (Phi) is 7.69. The van der Waals surface area contributed by atoms with E-state index in [1.807, 2.05) is 56.3 Å². The number of carbonyl (C=O) groups excluding carboxylic acids is 1. The number of nitrogens with zero attached hydrogens (tertiary/aromatic N) is 1. The van der Waals surface area contributed by atoms with Gasteiger partial charge in [-0.15, -0.1) is 0 Å². The summed E-state index contributed by atoms with van der Waals surface area (Å²) in [7, 11) is 0. The number of carbonyl (C=O) groups is 1. The third-order valence-corrected chi connectivity index (χ3v) is 5.83. The van der Waals surface area contributed by atoms with Crippen LogP contribution < -0.4 is 10.7 Å². The van der Waals surface area contributed by atoms with E-state index in [1.165, 1.54) is 0 Å². The minimum absolute atomic E-state index is 0.123. The molecule has 5 heteroatoms. The molecule has 0 spiro atoms. The smallest absolute Gasteiger partial charge is 0.261 e. The van der Waals surface area contributed by atoms with Crippen molar-refractivity contribution in [2.45, 2.75) is 53.0 Å². The number of nitrogens with one attached hydrogen (secondary N) is 1. The Hall–Kier alpha value is -2.85. The van der Waals surface area contributed by atoms with Gasteiger partial charge in [0.05, 0.1) is 5.69 Å². The largest absolute Gasteiger partial charge is 0.344 e. The van der Waals surface area contributed by atoms with Gasteiger partial charge < -0.3 is 9.88 Å². The van der Waals surface area contributed by atoms with Crippen LogP contribution in [0.2, 0.25) is 5.02 Å². The van der Waals surface area contributed by atoms with E-state index < -0.39 is 5.91 Å². The highest BCUT2D eigenvalue weighted by Gasteiger charge is 2.23. The Morgan fingerprint density at radius 1 is 1.00 bits per heavy atom. The number of hydrogen-bond donors (Lipinski definition) is 1. The Balaban J connectivity index is 2.15. The van der Waals surface area contributed by atoms with Crippen LogP contribution in [0.3, 0.4) is 0 Å². The van der Waals surface area contributed by atoms with Crippen molar-refractivity contribution >= 4 is 23.2 Å². The van der Waals surface area contributed by atoms with E-state index in [0.29, 0.717) is 22.0 Å². The molecule has 2 aromatic carbocycles. The number of aromatic nitrogens is 1. The van der Waals surface area contributed by atoms with Gasteiger partial charge in [0.15, 0.2) is 5.43 Å². The first kappa shape index (κ1) is 22.8. The molecule has 0 aliphatic carbocycles. The third-order valence-electron chi connectivity index (χ3n) is 5.50. The van der Waals surface area contributed by atoms with Crippen LogP contribution in [0.4, 0.5) is 5.69 Å². The number of anilines is 1. The monoisotopic (exact) mass is 436 g/mol. The standard InChI is InChI=1S/C26H29ClN2O2/c1-4-5-6-11-16-29-19(3)17-23(30)24(25(29)20-13-8-9-14-21(20)27)26(31)28-22-15-10-7-12-18(22)2/h7-10,12-15,17H,4-6,11,16H2,1-3H3,(H,28,31). The zero-order valence-electron chi connectivity index (χ0n) is 18.4. The van der Waals surface area contributed by atoms with Crippen molar-refractivity contribution in [2.75, 3.05) is 5.32 Å². The molecule has 1 amide bonds. The van der Waals surface area contributed by atoms with Gasteiger partial charge in [-0.3, -0.25) is 9.59 Å². The molecule has 0 aliphatic rings. The summed E-state index contributed by atoms with van der Waals surface area (Å²) in [6, 6.07) is 16.4. The third kappa shape index (κ3) is 5.26.